The largest absolute Gasteiger partial charge is 0.507 e. The van der Waals surface area contributed by atoms with Gasteiger partial charge in [-0.1, -0.05) is 15.9 Å². The predicted octanol–water partition coefficient (Wildman–Crippen LogP) is 4.61. The Morgan fingerprint density at radius 1 is 1.19 bits per heavy atom. The number of aromatic hydroxyl groups is 1. The molecule has 1 atom stereocenters. The Labute approximate surface area is 129 Å². The van der Waals surface area contributed by atoms with Crippen LogP contribution in [0.4, 0.5) is 14.5 Å². The molecule has 0 aliphatic heterocycles. The van der Waals surface area contributed by atoms with Crippen LogP contribution in [-0.2, 0) is 0 Å². The number of phenols is 1. The third-order valence-corrected chi connectivity index (χ3v) is 3.53. The third-order valence-electron chi connectivity index (χ3n) is 3.07. The van der Waals surface area contributed by atoms with Crippen LogP contribution in [0.5, 0.6) is 11.5 Å². The van der Waals surface area contributed by atoms with Crippen molar-refractivity contribution in [2.24, 2.45) is 0 Å². The minimum atomic E-state index is -0.707. The summed E-state index contributed by atoms with van der Waals surface area (Å²) >= 11 is 3.02. The van der Waals surface area contributed by atoms with E-state index in [1.54, 1.807) is 19.1 Å². The minimum absolute atomic E-state index is 0.00715. The van der Waals surface area contributed by atoms with Crippen molar-refractivity contribution in [2.45, 2.75) is 13.0 Å². The summed E-state index contributed by atoms with van der Waals surface area (Å²) in [6.07, 6.45) is 0. The van der Waals surface area contributed by atoms with Crippen LogP contribution in [-0.4, -0.2) is 12.2 Å². The summed E-state index contributed by atoms with van der Waals surface area (Å²) < 4.78 is 32.9. The lowest BCUT2D eigenvalue weighted by molar-refractivity contribution is 0.406. The second-order valence-corrected chi connectivity index (χ2v) is 5.45. The van der Waals surface area contributed by atoms with Gasteiger partial charge in [0, 0.05) is 16.1 Å². The van der Waals surface area contributed by atoms with E-state index in [9.17, 15) is 13.9 Å². The number of benzene rings is 2. The molecule has 0 saturated carbocycles. The minimum Gasteiger partial charge on any atom is -0.507 e. The van der Waals surface area contributed by atoms with Crippen LogP contribution in [0.25, 0.3) is 0 Å². The number of ether oxygens (including phenoxy) is 1. The highest BCUT2D eigenvalue weighted by molar-refractivity contribution is 9.10. The predicted molar refractivity (Wildman–Crippen MR) is 80.8 cm³/mol. The van der Waals surface area contributed by atoms with Gasteiger partial charge >= 0.3 is 0 Å². The van der Waals surface area contributed by atoms with Crippen LogP contribution < -0.4 is 10.1 Å². The van der Waals surface area contributed by atoms with Gasteiger partial charge < -0.3 is 15.2 Å². The normalized spacial score (nSPS) is 12.0. The molecule has 112 valence electrons. The Kier molecular flexibility index (Phi) is 4.67. The lowest BCUT2D eigenvalue weighted by Crippen LogP contribution is -2.10. The molecule has 21 heavy (non-hydrogen) atoms. The topological polar surface area (TPSA) is 41.5 Å². The number of methoxy groups -OCH3 is 1. The van der Waals surface area contributed by atoms with Gasteiger partial charge in [-0.15, -0.1) is 0 Å². The van der Waals surface area contributed by atoms with Crippen LogP contribution in [0.2, 0.25) is 0 Å². The van der Waals surface area contributed by atoms with Gasteiger partial charge in [-0.25, -0.2) is 8.78 Å². The second-order valence-electron chi connectivity index (χ2n) is 4.54. The fourth-order valence-electron chi connectivity index (χ4n) is 1.99. The second kappa shape index (κ2) is 6.30. The maximum Gasteiger partial charge on any atom is 0.150 e. The Morgan fingerprint density at radius 2 is 1.81 bits per heavy atom. The van der Waals surface area contributed by atoms with E-state index in [0.29, 0.717) is 15.8 Å². The molecule has 0 aliphatic rings. The molecule has 0 radical (unpaired) electrons. The van der Waals surface area contributed by atoms with E-state index in [4.69, 9.17) is 4.74 Å². The van der Waals surface area contributed by atoms with E-state index in [-0.39, 0.29) is 11.4 Å². The summed E-state index contributed by atoms with van der Waals surface area (Å²) in [7, 11) is 1.49. The van der Waals surface area contributed by atoms with Crippen molar-refractivity contribution in [3.8, 4) is 11.5 Å². The highest BCUT2D eigenvalue weighted by Gasteiger charge is 2.16. The van der Waals surface area contributed by atoms with Crippen molar-refractivity contribution in [1.29, 1.82) is 0 Å². The standard InChI is InChI=1S/C15H14BrF2NO2/c1-8(11-4-3-10(21-2)7-14(11)20)19-15-12(17)5-9(16)6-13(15)18/h3-8,19-20H,1-2H3. The Bertz CT molecular complexity index is 641. The van der Waals surface area contributed by atoms with Crippen molar-refractivity contribution in [2.75, 3.05) is 12.4 Å². The van der Waals surface area contributed by atoms with Gasteiger partial charge in [0.2, 0.25) is 0 Å². The SMILES string of the molecule is COc1ccc(C(C)Nc2c(F)cc(Br)cc2F)c(O)c1. The first-order chi connectivity index (χ1) is 9.92. The summed E-state index contributed by atoms with van der Waals surface area (Å²) in [5, 5.41) is 12.7. The zero-order chi connectivity index (χ0) is 15.6. The molecule has 0 aromatic heterocycles. The molecule has 0 spiro atoms. The van der Waals surface area contributed by atoms with E-state index >= 15 is 0 Å². The molecule has 1 unspecified atom stereocenters. The fourth-order valence-corrected chi connectivity index (χ4v) is 2.39. The molecule has 2 N–H and O–H groups in total. The molecule has 0 fully saturated rings. The van der Waals surface area contributed by atoms with Crippen molar-refractivity contribution in [1.82, 2.24) is 0 Å². The number of hydrogen-bond acceptors (Lipinski definition) is 3. The van der Waals surface area contributed by atoms with Crippen LogP contribution in [0.15, 0.2) is 34.8 Å². The molecule has 2 aromatic rings. The lowest BCUT2D eigenvalue weighted by atomic mass is 10.1. The molecule has 2 aromatic carbocycles. The van der Waals surface area contributed by atoms with Crippen molar-refractivity contribution < 1.29 is 18.6 Å². The van der Waals surface area contributed by atoms with Gasteiger partial charge in [0.25, 0.3) is 0 Å². The first-order valence-electron chi connectivity index (χ1n) is 6.20. The van der Waals surface area contributed by atoms with Crippen molar-refractivity contribution in [3.05, 3.63) is 52.0 Å². The lowest BCUT2D eigenvalue weighted by Gasteiger charge is -2.18. The maximum atomic E-state index is 13.8. The Balaban J connectivity index is 2.28. The molecule has 6 heteroatoms. The highest BCUT2D eigenvalue weighted by Crippen LogP contribution is 2.32. The third kappa shape index (κ3) is 3.44. The molecule has 0 aliphatic carbocycles. The molecular formula is C15H14BrF2NO2. The van der Waals surface area contributed by atoms with Gasteiger partial charge in [-0.3, -0.25) is 0 Å². The van der Waals surface area contributed by atoms with Gasteiger partial charge in [-0.2, -0.15) is 0 Å². The molecule has 0 amide bonds. The number of hydrogen-bond donors (Lipinski definition) is 2. The summed E-state index contributed by atoms with van der Waals surface area (Å²) in [4.78, 5) is 0. The summed E-state index contributed by atoms with van der Waals surface area (Å²) in [6.45, 7) is 1.70. The summed E-state index contributed by atoms with van der Waals surface area (Å²) in [5.74, 6) is -0.916. The van der Waals surface area contributed by atoms with Crippen molar-refractivity contribution >= 4 is 21.6 Å². The van der Waals surface area contributed by atoms with E-state index in [1.165, 1.54) is 25.3 Å². The quantitative estimate of drug-likeness (QED) is 0.839. The van der Waals surface area contributed by atoms with Crippen molar-refractivity contribution in [3.63, 3.8) is 0 Å². The molecular weight excluding hydrogens is 344 g/mol. The molecule has 3 nitrogen and oxygen atoms in total. The number of phenolic OH excluding ortho intramolecular Hbond substituents is 1. The van der Waals surface area contributed by atoms with Gasteiger partial charge in [0.15, 0.2) is 0 Å². The fraction of sp³-hybridized carbons (Fsp3) is 0.200. The zero-order valence-corrected chi connectivity index (χ0v) is 13.0. The van der Waals surface area contributed by atoms with Crippen LogP contribution in [0.1, 0.15) is 18.5 Å². The summed E-state index contributed by atoms with van der Waals surface area (Å²) in [5.41, 5.74) is 0.276. The molecule has 2 rings (SSSR count). The number of halogens is 3. The Hall–Kier alpha value is -1.82. The van der Waals surface area contributed by atoms with E-state index in [0.717, 1.165) is 0 Å². The van der Waals surface area contributed by atoms with E-state index < -0.39 is 17.7 Å². The average Bonchev–Trinajstić information content (AvgIpc) is 2.42. The average molecular weight is 358 g/mol. The van der Waals surface area contributed by atoms with Gasteiger partial charge in [0.05, 0.1) is 13.2 Å². The van der Waals surface area contributed by atoms with Crippen LogP contribution >= 0.6 is 15.9 Å². The maximum absolute atomic E-state index is 13.8. The first-order valence-corrected chi connectivity index (χ1v) is 6.99. The van der Waals surface area contributed by atoms with Crippen LogP contribution in [0, 0.1) is 11.6 Å². The smallest absolute Gasteiger partial charge is 0.150 e. The highest BCUT2D eigenvalue weighted by atomic mass is 79.9. The monoisotopic (exact) mass is 357 g/mol. The van der Waals surface area contributed by atoms with Gasteiger partial charge in [0.1, 0.15) is 28.8 Å². The molecule has 0 saturated heterocycles. The van der Waals surface area contributed by atoms with E-state index in [2.05, 4.69) is 21.2 Å². The summed E-state index contributed by atoms with van der Waals surface area (Å²) in [6, 6.07) is 6.61. The Morgan fingerprint density at radius 3 is 2.33 bits per heavy atom. The molecule has 0 bridgehead atoms. The van der Waals surface area contributed by atoms with E-state index in [1.807, 2.05) is 0 Å². The number of nitrogens with one attached hydrogen (secondary N) is 1. The number of rotatable bonds is 4. The molecule has 0 heterocycles. The first kappa shape index (κ1) is 15.6. The van der Waals surface area contributed by atoms with Gasteiger partial charge in [-0.05, 0) is 31.2 Å². The van der Waals surface area contributed by atoms with Crippen LogP contribution in [0.3, 0.4) is 0 Å². The zero-order valence-electron chi connectivity index (χ0n) is 11.5. The number of anilines is 1.